The van der Waals surface area contributed by atoms with Gasteiger partial charge in [0.2, 0.25) is 12.3 Å². The minimum Gasteiger partial charge on any atom is -0.497 e. The summed E-state index contributed by atoms with van der Waals surface area (Å²) in [5, 5.41) is 6.53. The molecule has 3 amide bonds. The van der Waals surface area contributed by atoms with E-state index in [9.17, 15) is 9.59 Å². The van der Waals surface area contributed by atoms with E-state index < -0.39 is 0 Å². The van der Waals surface area contributed by atoms with E-state index in [1.807, 2.05) is 18.2 Å². The SMILES string of the molecule is COc1cccc(N2CC(NC(=O)N(C)Cc3ncon3)CC2=O)c1. The van der Waals surface area contributed by atoms with Gasteiger partial charge >= 0.3 is 6.03 Å². The lowest BCUT2D eigenvalue weighted by Crippen LogP contribution is -2.44. The number of carbonyl (C=O) groups excluding carboxylic acids is 2. The lowest BCUT2D eigenvalue weighted by molar-refractivity contribution is -0.117. The van der Waals surface area contributed by atoms with Crippen LogP contribution in [0.25, 0.3) is 0 Å². The number of amides is 3. The number of nitrogens with zero attached hydrogens (tertiary/aromatic N) is 4. The van der Waals surface area contributed by atoms with Crippen LogP contribution in [0.1, 0.15) is 12.2 Å². The summed E-state index contributed by atoms with van der Waals surface area (Å²) in [6.07, 6.45) is 1.46. The molecule has 0 bridgehead atoms. The molecule has 9 heteroatoms. The lowest BCUT2D eigenvalue weighted by Gasteiger charge is -2.20. The van der Waals surface area contributed by atoms with Crippen molar-refractivity contribution in [3.05, 3.63) is 36.5 Å². The molecule has 132 valence electrons. The normalized spacial score (nSPS) is 16.8. The molecular weight excluding hydrogens is 326 g/mol. The summed E-state index contributed by atoms with van der Waals surface area (Å²) in [6, 6.07) is 6.72. The number of hydrogen-bond donors (Lipinski definition) is 1. The first-order valence-electron chi connectivity index (χ1n) is 7.78. The van der Waals surface area contributed by atoms with Crippen LogP contribution < -0.4 is 15.0 Å². The molecule has 1 N–H and O–H groups in total. The topological polar surface area (TPSA) is 101 Å². The number of benzene rings is 1. The van der Waals surface area contributed by atoms with Gasteiger partial charge in [-0.3, -0.25) is 4.79 Å². The van der Waals surface area contributed by atoms with Gasteiger partial charge in [0.05, 0.1) is 19.7 Å². The number of aromatic nitrogens is 2. The Hall–Kier alpha value is -3.10. The molecule has 0 radical (unpaired) electrons. The third kappa shape index (κ3) is 3.87. The van der Waals surface area contributed by atoms with Crippen LogP contribution >= 0.6 is 0 Å². The summed E-state index contributed by atoms with van der Waals surface area (Å²) >= 11 is 0. The highest BCUT2D eigenvalue weighted by Gasteiger charge is 2.32. The molecule has 1 saturated heterocycles. The average Bonchev–Trinajstić information content (AvgIpc) is 3.24. The van der Waals surface area contributed by atoms with Crippen molar-refractivity contribution in [2.45, 2.75) is 19.0 Å². The molecule has 1 unspecified atom stereocenters. The standard InChI is InChI=1S/C16H19N5O4/c1-20(9-14-17-10-25-19-14)16(23)18-11-6-15(22)21(8-11)12-4-3-5-13(7-12)24-2/h3-5,7,10-11H,6,8-9H2,1-2H3,(H,18,23). The zero-order chi connectivity index (χ0) is 17.8. The Balaban J connectivity index is 1.59. The minimum absolute atomic E-state index is 0.0422. The number of nitrogens with one attached hydrogen (secondary N) is 1. The fraction of sp³-hybridized carbons (Fsp3) is 0.375. The summed E-state index contributed by atoms with van der Waals surface area (Å²) in [5.41, 5.74) is 0.751. The summed E-state index contributed by atoms with van der Waals surface area (Å²) in [4.78, 5) is 31.5. The molecule has 1 fully saturated rings. The fourth-order valence-electron chi connectivity index (χ4n) is 2.66. The van der Waals surface area contributed by atoms with Crippen LogP contribution in [0.2, 0.25) is 0 Å². The Morgan fingerprint density at radius 2 is 2.36 bits per heavy atom. The zero-order valence-electron chi connectivity index (χ0n) is 14.0. The van der Waals surface area contributed by atoms with E-state index in [0.717, 1.165) is 5.69 Å². The van der Waals surface area contributed by atoms with Crippen molar-refractivity contribution in [3.8, 4) is 5.75 Å². The number of rotatable bonds is 5. The molecule has 1 aliphatic rings. The maximum Gasteiger partial charge on any atom is 0.317 e. The van der Waals surface area contributed by atoms with Crippen LogP contribution in [0, 0.1) is 0 Å². The maximum atomic E-state index is 12.3. The molecule has 3 rings (SSSR count). The predicted molar refractivity (Wildman–Crippen MR) is 88.0 cm³/mol. The first-order chi connectivity index (χ1) is 12.1. The van der Waals surface area contributed by atoms with Crippen LogP contribution in [0.4, 0.5) is 10.5 Å². The Bertz CT molecular complexity index is 749. The zero-order valence-corrected chi connectivity index (χ0v) is 14.0. The molecule has 1 aromatic carbocycles. The summed E-state index contributed by atoms with van der Waals surface area (Å²) in [7, 11) is 3.20. The summed E-state index contributed by atoms with van der Waals surface area (Å²) in [5.74, 6) is 1.05. The molecule has 1 aromatic heterocycles. The maximum absolute atomic E-state index is 12.3. The molecule has 2 heterocycles. The van der Waals surface area contributed by atoms with Gasteiger partial charge in [-0.15, -0.1) is 0 Å². The molecule has 0 spiro atoms. The van der Waals surface area contributed by atoms with Crippen molar-refractivity contribution in [3.63, 3.8) is 0 Å². The number of ether oxygens (including phenoxy) is 1. The number of hydrogen-bond acceptors (Lipinski definition) is 6. The van der Waals surface area contributed by atoms with Crippen molar-refractivity contribution in [2.75, 3.05) is 25.6 Å². The molecule has 0 saturated carbocycles. The Morgan fingerprint density at radius 1 is 1.52 bits per heavy atom. The van der Waals surface area contributed by atoms with E-state index in [1.54, 1.807) is 25.1 Å². The van der Waals surface area contributed by atoms with Crippen molar-refractivity contribution < 1.29 is 18.8 Å². The van der Waals surface area contributed by atoms with Crippen LogP contribution in [0.5, 0.6) is 5.75 Å². The highest BCUT2D eigenvalue weighted by molar-refractivity contribution is 5.97. The van der Waals surface area contributed by atoms with E-state index in [0.29, 0.717) is 18.1 Å². The van der Waals surface area contributed by atoms with E-state index in [1.165, 1.54) is 11.3 Å². The predicted octanol–water partition coefficient (Wildman–Crippen LogP) is 1.03. The van der Waals surface area contributed by atoms with E-state index in [4.69, 9.17) is 4.74 Å². The average molecular weight is 345 g/mol. The molecule has 1 atom stereocenters. The van der Waals surface area contributed by atoms with Crippen molar-refractivity contribution in [1.29, 1.82) is 0 Å². The largest absolute Gasteiger partial charge is 0.497 e. The Morgan fingerprint density at radius 3 is 3.08 bits per heavy atom. The number of methoxy groups -OCH3 is 1. The monoisotopic (exact) mass is 345 g/mol. The van der Waals surface area contributed by atoms with E-state index in [2.05, 4.69) is 20.0 Å². The van der Waals surface area contributed by atoms with E-state index >= 15 is 0 Å². The van der Waals surface area contributed by atoms with Crippen molar-refractivity contribution in [1.82, 2.24) is 20.4 Å². The second-order valence-corrected chi connectivity index (χ2v) is 5.76. The molecule has 1 aliphatic heterocycles. The van der Waals surface area contributed by atoms with Gasteiger partial charge in [0, 0.05) is 31.8 Å². The van der Waals surface area contributed by atoms with Crippen molar-refractivity contribution >= 4 is 17.6 Å². The number of carbonyl (C=O) groups is 2. The van der Waals surface area contributed by atoms with Gasteiger partial charge in [0.1, 0.15) is 5.75 Å². The molecule has 2 aromatic rings. The highest BCUT2D eigenvalue weighted by Crippen LogP contribution is 2.25. The van der Waals surface area contributed by atoms with Gasteiger partial charge < -0.3 is 24.4 Å². The van der Waals surface area contributed by atoms with Crippen molar-refractivity contribution in [2.24, 2.45) is 0 Å². The number of urea groups is 1. The second kappa shape index (κ2) is 7.20. The van der Waals surface area contributed by atoms with Gasteiger partial charge in [-0.25, -0.2) is 4.79 Å². The first-order valence-corrected chi connectivity index (χ1v) is 7.78. The van der Waals surface area contributed by atoms with Gasteiger partial charge in [-0.2, -0.15) is 4.98 Å². The second-order valence-electron chi connectivity index (χ2n) is 5.76. The van der Waals surface area contributed by atoms with Gasteiger partial charge in [0.25, 0.3) is 0 Å². The number of anilines is 1. The Kier molecular flexibility index (Phi) is 4.82. The molecule has 0 aliphatic carbocycles. The molecule has 25 heavy (non-hydrogen) atoms. The van der Waals surface area contributed by atoms with Gasteiger partial charge in [-0.1, -0.05) is 11.2 Å². The van der Waals surface area contributed by atoms with Gasteiger partial charge in [-0.05, 0) is 12.1 Å². The minimum atomic E-state index is -0.296. The summed E-state index contributed by atoms with van der Waals surface area (Å²) in [6.45, 7) is 0.635. The fourth-order valence-corrected chi connectivity index (χ4v) is 2.66. The highest BCUT2D eigenvalue weighted by atomic mass is 16.5. The smallest absolute Gasteiger partial charge is 0.317 e. The third-order valence-corrected chi connectivity index (χ3v) is 3.95. The van der Waals surface area contributed by atoms with Crippen LogP contribution in [-0.4, -0.2) is 53.7 Å². The van der Waals surface area contributed by atoms with Crippen LogP contribution in [0.15, 0.2) is 35.2 Å². The Labute approximate surface area is 144 Å². The van der Waals surface area contributed by atoms with Crippen LogP contribution in [-0.2, 0) is 11.3 Å². The molecule has 9 nitrogen and oxygen atoms in total. The quantitative estimate of drug-likeness (QED) is 0.868. The van der Waals surface area contributed by atoms with E-state index in [-0.39, 0.29) is 30.9 Å². The summed E-state index contributed by atoms with van der Waals surface area (Å²) < 4.78 is 9.83. The first kappa shape index (κ1) is 16.7. The molecular formula is C16H19N5O4. The van der Waals surface area contributed by atoms with Gasteiger partial charge in [0.15, 0.2) is 5.82 Å². The lowest BCUT2D eigenvalue weighted by atomic mass is 10.2. The van der Waals surface area contributed by atoms with Crippen LogP contribution in [0.3, 0.4) is 0 Å². The third-order valence-electron chi connectivity index (χ3n) is 3.95.